The Balaban J connectivity index is 1.58. The molecular weight excluding hydrogens is 580 g/mol. The number of rotatable bonds is 9. The first-order valence-corrected chi connectivity index (χ1v) is 15.5. The second-order valence-electron chi connectivity index (χ2n) is 13.4. The molecule has 246 valence electrons. The predicted molar refractivity (Wildman–Crippen MR) is 166 cm³/mol. The van der Waals surface area contributed by atoms with E-state index in [1.807, 2.05) is 40.7 Å². The number of furan rings is 1. The van der Waals surface area contributed by atoms with Gasteiger partial charge < -0.3 is 40.6 Å². The largest absolute Gasteiger partial charge is 0.467 e. The lowest BCUT2D eigenvalue weighted by Gasteiger charge is -2.43. The number of primary amides is 1. The van der Waals surface area contributed by atoms with Crippen molar-refractivity contribution in [2.75, 3.05) is 38.0 Å². The van der Waals surface area contributed by atoms with Crippen LogP contribution >= 0.6 is 0 Å². The molecule has 45 heavy (non-hydrogen) atoms. The first-order valence-electron chi connectivity index (χ1n) is 15.5. The molecule has 0 aromatic carbocycles. The number of urea groups is 1. The summed E-state index contributed by atoms with van der Waals surface area (Å²) in [5, 5.41) is 16.3. The summed E-state index contributed by atoms with van der Waals surface area (Å²) in [6.45, 7) is 11.6. The normalized spacial score (nSPS) is 19.3. The highest BCUT2D eigenvalue weighted by molar-refractivity contribution is 5.98. The summed E-state index contributed by atoms with van der Waals surface area (Å²) in [5.41, 5.74) is 5.28. The highest BCUT2D eigenvalue weighted by Crippen LogP contribution is 2.27. The van der Waals surface area contributed by atoms with Gasteiger partial charge in [0.1, 0.15) is 23.0 Å². The molecule has 2 atom stereocenters. The minimum atomic E-state index is -1.12. The molecule has 0 unspecified atom stereocenters. The quantitative estimate of drug-likeness (QED) is 0.324. The minimum absolute atomic E-state index is 0.0759. The lowest BCUT2D eigenvalue weighted by atomic mass is 9.93. The summed E-state index contributed by atoms with van der Waals surface area (Å²) in [5.74, 6) is 0.853. The Bertz CT molecular complexity index is 1350. The lowest BCUT2D eigenvalue weighted by Crippen LogP contribution is -2.60. The van der Waals surface area contributed by atoms with Crippen molar-refractivity contribution in [2.24, 2.45) is 17.6 Å². The molecule has 2 fully saturated rings. The van der Waals surface area contributed by atoms with Crippen LogP contribution in [0.15, 0.2) is 29.0 Å². The van der Waals surface area contributed by atoms with Crippen molar-refractivity contribution < 1.29 is 28.7 Å². The molecule has 0 saturated carbocycles. The molecule has 2 aromatic heterocycles. The van der Waals surface area contributed by atoms with E-state index in [9.17, 15) is 24.3 Å². The van der Waals surface area contributed by atoms with Crippen LogP contribution in [-0.4, -0.2) is 98.5 Å². The van der Waals surface area contributed by atoms with Crippen molar-refractivity contribution in [1.82, 2.24) is 30.0 Å². The number of carbonyl (C=O) groups excluding carboxylic acids is 3. The van der Waals surface area contributed by atoms with Gasteiger partial charge in [0.05, 0.1) is 18.8 Å². The Morgan fingerprint density at radius 2 is 1.87 bits per heavy atom. The van der Waals surface area contributed by atoms with E-state index in [0.29, 0.717) is 62.8 Å². The fraction of sp³-hybridized carbons (Fsp3) is 0.613. The average molecular weight is 627 g/mol. The summed E-state index contributed by atoms with van der Waals surface area (Å²) < 4.78 is 5.47. The molecule has 14 nitrogen and oxygen atoms in total. The van der Waals surface area contributed by atoms with Crippen molar-refractivity contribution in [3.8, 4) is 0 Å². The number of carboxylic acid groups (broad SMARTS) is 1. The number of amides is 5. The van der Waals surface area contributed by atoms with Crippen molar-refractivity contribution in [3.05, 3.63) is 41.7 Å². The van der Waals surface area contributed by atoms with Crippen molar-refractivity contribution >= 4 is 29.8 Å². The maximum Gasteiger partial charge on any atom is 0.407 e. The molecule has 5 N–H and O–H groups in total. The smallest absolute Gasteiger partial charge is 0.407 e. The zero-order chi connectivity index (χ0) is 32.9. The Labute approximate surface area is 263 Å². The summed E-state index contributed by atoms with van der Waals surface area (Å²) in [6, 6.07) is 2.09. The van der Waals surface area contributed by atoms with Crippen molar-refractivity contribution in [2.45, 2.75) is 77.9 Å². The second-order valence-corrected chi connectivity index (χ2v) is 13.4. The van der Waals surface area contributed by atoms with Crippen LogP contribution in [0.25, 0.3) is 0 Å². The second kappa shape index (κ2) is 14.2. The summed E-state index contributed by atoms with van der Waals surface area (Å²) >= 11 is 0. The molecule has 0 aliphatic carbocycles. The number of anilines is 1. The Hall–Kier alpha value is -4.36. The Kier molecular flexibility index (Phi) is 10.6. The zero-order valence-corrected chi connectivity index (χ0v) is 26.8. The zero-order valence-electron chi connectivity index (χ0n) is 26.8. The van der Waals surface area contributed by atoms with Crippen LogP contribution in [0.3, 0.4) is 0 Å². The van der Waals surface area contributed by atoms with Crippen LogP contribution < -0.4 is 16.4 Å². The van der Waals surface area contributed by atoms with Gasteiger partial charge in [-0.1, -0.05) is 34.6 Å². The van der Waals surface area contributed by atoms with Gasteiger partial charge in [-0.05, 0) is 37.3 Å². The molecular formula is C31H46N8O6. The standard InChI is InChI=1S/C31H46N8O6/c1-19(2)16-39(27(41)24-15-34-28(31(3,4)5)36-25(24)33-14-23-7-6-12-45-23)22-13-21(17-38(18-22)30(43)44)35-26(40)20-8-10-37(11-9-20)29(32)42/h6-7,12,15,19-22H,8-11,13-14,16-18H2,1-5H3,(H2,32,42)(H,35,40)(H,43,44)(H,33,34,36)/t21-,22+/m1/s1. The van der Waals surface area contributed by atoms with Crippen LogP contribution in [-0.2, 0) is 16.8 Å². The van der Waals surface area contributed by atoms with E-state index in [4.69, 9.17) is 15.1 Å². The Morgan fingerprint density at radius 1 is 1.16 bits per heavy atom. The van der Waals surface area contributed by atoms with E-state index in [-0.39, 0.29) is 47.7 Å². The fourth-order valence-electron chi connectivity index (χ4n) is 5.80. The lowest BCUT2D eigenvalue weighted by molar-refractivity contribution is -0.127. The number of nitrogens with one attached hydrogen (secondary N) is 2. The minimum Gasteiger partial charge on any atom is -0.467 e. The summed E-state index contributed by atoms with van der Waals surface area (Å²) in [7, 11) is 0. The van der Waals surface area contributed by atoms with Gasteiger partial charge in [-0.25, -0.2) is 19.6 Å². The van der Waals surface area contributed by atoms with Gasteiger partial charge >= 0.3 is 12.1 Å². The number of hydrogen-bond donors (Lipinski definition) is 4. The highest BCUT2D eigenvalue weighted by atomic mass is 16.4. The van der Waals surface area contributed by atoms with Crippen molar-refractivity contribution in [3.63, 3.8) is 0 Å². The number of carbonyl (C=O) groups is 4. The van der Waals surface area contributed by atoms with E-state index in [0.717, 1.165) is 0 Å². The molecule has 0 radical (unpaired) electrons. The number of hydrogen-bond acceptors (Lipinski definition) is 8. The van der Waals surface area contributed by atoms with E-state index < -0.39 is 24.2 Å². The first kappa shape index (κ1) is 33.5. The van der Waals surface area contributed by atoms with Gasteiger partial charge in [-0.2, -0.15) is 0 Å². The van der Waals surface area contributed by atoms with E-state index >= 15 is 0 Å². The topological polar surface area (TPSA) is 187 Å². The number of nitrogens with zero attached hydrogens (tertiary/aromatic N) is 5. The van der Waals surface area contributed by atoms with Gasteiger partial charge in [0.2, 0.25) is 5.91 Å². The number of piperidine rings is 2. The molecule has 2 aliphatic rings. The van der Waals surface area contributed by atoms with Crippen LogP contribution in [0.4, 0.5) is 15.4 Å². The predicted octanol–water partition coefficient (Wildman–Crippen LogP) is 3.11. The van der Waals surface area contributed by atoms with E-state index in [1.54, 1.807) is 17.2 Å². The molecule has 2 aromatic rings. The molecule has 14 heteroatoms. The summed E-state index contributed by atoms with van der Waals surface area (Å²) in [4.78, 5) is 65.0. The number of nitrogens with two attached hydrogens (primary N) is 1. The molecule has 0 bridgehead atoms. The van der Waals surface area contributed by atoms with Gasteiger partial charge in [0.15, 0.2) is 0 Å². The molecule has 4 heterocycles. The molecule has 2 aliphatic heterocycles. The summed E-state index contributed by atoms with van der Waals surface area (Å²) in [6.07, 6.45) is 3.32. The molecule has 2 saturated heterocycles. The van der Waals surface area contributed by atoms with Crippen LogP contribution in [0.1, 0.15) is 75.8 Å². The third kappa shape index (κ3) is 8.64. The molecule has 5 amide bonds. The monoisotopic (exact) mass is 626 g/mol. The maximum atomic E-state index is 14.3. The highest BCUT2D eigenvalue weighted by Gasteiger charge is 2.38. The van der Waals surface area contributed by atoms with Crippen molar-refractivity contribution in [1.29, 1.82) is 0 Å². The van der Waals surface area contributed by atoms with Crippen LogP contribution in [0, 0.1) is 11.8 Å². The fourth-order valence-corrected chi connectivity index (χ4v) is 5.80. The van der Waals surface area contributed by atoms with Gasteiger partial charge in [-0.15, -0.1) is 0 Å². The molecule has 0 spiro atoms. The van der Waals surface area contributed by atoms with Crippen LogP contribution in [0.2, 0.25) is 0 Å². The van der Waals surface area contributed by atoms with Gasteiger partial charge in [-0.3, -0.25) is 9.59 Å². The van der Waals surface area contributed by atoms with E-state index in [2.05, 4.69) is 15.6 Å². The first-order chi connectivity index (χ1) is 21.2. The molecule has 4 rings (SSSR count). The SMILES string of the molecule is CC(C)CN(C(=O)c1cnc(C(C)(C)C)nc1NCc1ccco1)[C@H]1C[C@@H](NC(=O)C2CCN(C(N)=O)CC2)CN(C(=O)O)C1. The number of likely N-dealkylation sites (tertiary alicyclic amines) is 2. The van der Waals surface area contributed by atoms with Gasteiger partial charge in [0, 0.05) is 56.3 Å². The Morgan fingerprint density at radius 3 is 2.44 bits per heavy atom. The third-order valence-corrected chi connectivity index (χ3v) is 8.19. The van der Waals surface area contributed by atoms with Crippen LogP contribution in [0.5, 0.6) is 0 Å². The maximum absolute atomic E-state index is 14.3. The van der Waals surface area contributed by atoms with Gasteiger partial charge in [0.25, 0.3) is 5.91 Å². The van der Waals surface area contributed by atoms with E-state index in [1.165, 1.54) is 16.0 Å². The number of aromatic nitrogens is 2. The average Bonchev–Trinajstić information content (AvgIpc) is 3.51. The third-order valence-electron chi connectivity index (χ3n) is 8.19.